The lowest BCUT2D eigenvalue weighted by Gasteiger charge is -2.59. The van der Waals surface area contributed by atoms with Crippen LogP contribution < -0.4 is 5.32 Å². The number of carbonyl (C=O) groups is 1. The molecule has 27 heavy (non-hydrogen) atoms. The minimum atomic E-state index is -0.564. The van der Waals surface area contributed by atoms with E-state index in [9.17, 15) is 10.1 Å². The normalized spacial score (nSPS) is 38.9. The van der Waals surface area contributed by atoms with E-state index in [-0.39, 0.29) is 22.8 Å². The SMILES string of the molecule is CCOC(=O)CC12CCCN3CCC4(c5ccccc5NC4(C#N)CC1)C32. The Labute approximate surface area is 160 Å². The quantitative estimate of drug-likeness (QED) is 0.833. The van der Waals surface area contributed by atoms with Crippen LogP contribution in [0.15, 0.2) is 24.3 Å². The molecule has 0 amide bonds. The van der Waals surface area contributed by atoms with Gasteiger partial charge in [-0.2, -0.15) is 5.26 Å². The fourth-order valence-electron chi connectivity index (χ4n) is 7.04. The van der Waals surface area contributed by atoms with Gasteiger partial charge in [-0.25, -0.2) is 0 Å². The molecule has 1 spiro atoms. The predicted octanol–water partition coefficient (Wildman–Crippen LogP) is 3.21. The lowest BCUT2D eigenvalue weighted by molar-refractivity contribution is -0.151. The zero-order valence-electron chi connectivity index (χ0n) is 16.0. The van der Waals surface area contributed by atoms with Crippen molar-refractivity contribution < 1.29 is 9.53 Å². The van der Waals surface area contributed by atoms with E-state index in [0.717, 1.165) is 50.9 Å². The molecule has 1 aliphatic carbocycles. The molecule has 5 heteroatoms. The summed E-state index contributed by atoms with van der Waals surface area (Å²) in [5.41, 5.74) is 1.52. The van der Waals surface area contributed by atoms with Crippen molar-refractivity contribution in [2.75, 3.05) is 25.0 Å². The van der Waals surface area contributed by atoms with Gasteiger partial charge in [0.15, 0.2) is 0 Å². The number of nitrogens with zero attached hydrogens (tertiary/aromatic N) is 2. The Morgan fingerprint density at radius 3 is 2.96 bits per heavy atom. The number of rotatable bonds is 3. The second-order valence-electron chi connectivity index (χ2n) is 8.80. The first kappa shape index (κ1) is 17.1. The molecule has 3 fully saturated rings. The van der Waals surface area contributed by atoms with Crippen LogP contribution in [0.4, 0.5) is 5.69 Å². The van der Waals surface area contributed by atoms with Crippen molar-refractivity contribution in [3.8, 4) is 6.07 Å². The van der Waals surface area contributed by atoms with Gasteiger partial charge in [0.05, 0.1) is 24.5 Å². The summed E-state index contributed by atoms with van der Waals surface area (Å²) >= 11 is 0. The Kier molecular flexibility index (Phi) is 3.61. The Morgan fingerprint density at radius 2 is 2.15 bits per heavy atom. The number of nitrogens with one attached hydrogen (secondary N) is 1. The number of ether oxygens (including phenoxy) is 1. The third kappa shape index (κ3) is 2.00. The van der Waals surface area contributed by atoms with Crippen LogP contribution in [0.2, 0.25) is 0 Å². The maximum Gasteiger partial charge on any atom is 0.306 e. The monoisotopic (exact) mass is 365 g/mol. The van der Waals surface area contributed by atoms with E-state index in [1.807, 2.05) is 13.0 Å². The average molecular weight is 365 g/mol. The number of anilines is 1. The molecule has 1 aromatic rings. The van der Waals surface area contributed by atoms with E-state index in [4.69, 9.17) is 4.74 Å². The second kappa shape index (κ2) is 5.72. The van der Waals surface area contributed by atoms with Crippen LogP contribution in [0.3, 0.4) is 0 Å². The summed E-state index contributed by atoms with van der Waals surface area (Å²) in [5.74, 6) is -0.0786. The van der Waals surface area contributed by atoms with Crippen LogP contribution in [0.1, 0.15) is 51.0 Å². The first-order valence-electron chi connectivity index (χ1n) is 10.3. The first-order valence-corrected chi connectivity index (χ1v) is 10.3. The highest BCUT2D eigenvalue weighted by Gasteiger charge is 2.73. The number of nitriles is 1. The molecule has 5 rings (SSSR count). The summed E-state index contributed by atoms with van der Waals surface area (Å²) in [4.78, 5) is 15.1. The molecule has 3 aliphatic heterocycles. The van der Waals surface area contributed by atoms with Crippen LogP contribution in [0.5, 0.6) is 0 Å². The van der Waals surface area contributed by atoms with Crippen LogP contribution in [-0.4, -0.2) is 42.1 Å². The van der Waals surface area contributed by atoms with E-state index >= 15 is 0 Å². The fourth-order valence-corrected chi connectivity index (χ4v) is 7.04. The van der Waals surface area contributed by atoms with Crippen molar-refractivity contribution in [1.82, 2.24) is 4.90 Å². The number of hydrogen-bond acceptors (Lipinski definition) is 5. The highest BCUT2D eigenvalue weighted by atomic mass is 16.5. The number of para-hydroxylation sites is 1. The minimum absolute atomic E-state index is 0.0786. The Balaban J connectivity index is 1.67. The lowest BCUT2D eigenvalue weighted by atomic mass is 9.48. The molecule has 4 aliphatic rings. The molecule has 3 heterocycles. The average Bonchev–Trinajstić information content (AvgIpc) is 3.21. The molecule has 5 nitrogen and oxygen atoms in total. The van der Waals surface area contributed by atoms with Crippen LogP contribution in [0, 0.1) is 16.7 Å². The largest absolute Gasteiger partial charge is 0.466 e. The van der Waals surface area contributed by atoms with E-state index < -0.39 is 5.54 Å². The molecule has 142 valence electrons. The molecular weight excluding hydrogens is 338 g/mol. The zero-order chi connectivity index (χ0) is 18.7. The molecule has 4 atom stereocenters. The third-order valence-corrected chi connectivity index (χ3v) is 7.83. The maximum absolute atomic E-state index is 12.6. The topological polar surface area (TPSA) is 65.4 Å². The van der Waals surface area contributed by atoms with Gasteiger partial charge >= 0.3 is 5.97 Å². The molecule has 1 aromatic carbocycles. The van der Waals surface area contributed by atoms with E-state index in [0.29, 0.717) is 13.0 Å². The van der Waals surface area contributed by atoms with Gasteiger partial charge in [0, 0.05) is 11.7 Å². The summed E-state index contributed by atoms with van der Waals surface area (Å²) in [7, 11) is 0. The Hall–Kier alpha value is -2.06. The van der Waals surface area contributed by atoms with Crippen LogP contribution in [0.25, 0.3) is 0 Å². The minimum Gasteiger partial charge on any atom is -0.466 e. The molecule has 0 aromatic heterocycles. The van der Waals surface area contributed by atoms with Crippen LogP contribution in [-0.2, 0) is 14.9 Å². The highest BCUT2D eigenvalue weighted by Crippen LogP contribution is 2.67. The van der Waals surface area contributed by atoms with E-state index in [1.54, 1.807) is 0 Å². The number of hydrogen-bond donors (Lipinski definition) is 1. The molecule has 4 unspecified atom stereocenters. The van der Waals surface area contributed by atoms with Crippen LogP contribution >= 0.6 is 0 Å². The molecule has 2 saturated heterocycles. The first-order chi connectivity index (χ1) is 13.1. The van der Waals surface area contributed by atoms with Gasteiger partial charge in [0.1, 0.15) is 5.54 Å². The summed E-state index contributed by atoms with van der Waals surface area (Å²) in [6, 6.07) is 11.4. The van der Waals surface area contributed by atoms with Gasteiger partial charge in [-0.1, -0.05) is 18.2 Å². The Bertz CT molecular complexity index is 833. The fraction of sp³-hybridized carbons (Fsp3) is 0.636. The number of esters is 1. The summed E-state index contributed by atoms with van der Waals surface area (Å²) in [6.07, 6.45) is 5.34. The van der Waals surface area contributed by atoms with Gasteiger partial charge in [-0.05, 0) is 69.2 Å². The smallest absolute Gasteiger partial charge is 0.306 e. The van der Waals surface area contributed by atoms with Crippen molar-refractivity contribution >= 4 is 11.7 Å². The van der Waals surface area contributed by atoms with Crippen molar-refractivity contribution in [3.05, 3.63) is 29.8 Å². The second-order valence-corrected chi connectivity index (χ2v) is 8.80. The van der Waals surface area contributed by atoms with Crippen molar-refractivity contribution in [1.29, 1.82) is 5.26 Å². The lowest BCUT2D eigenvalue weighted by Crippen LogP contribution is -2.68. The predicted molar refractivity (Wildman–Crippen MR) is 102 cm³/mol. The van der Waals surface area contributed by atoms with Gasteiger partial charge < -0.3 is 10.1 Å². The van der Waals surface area contributed by atoms with Gasteiger partial charge in [-0.3, -0.25) is 9.69 Å². The number of benzene rings is 1. The number of carbonyl (C=O) groups excluding carboxylic acids is 1. The van der Waals surface area contributed by atoms with Gasteiger partial charge in [0.2, 0.25) is 0 Å². The number of fused-ring (bicyclic) bond motifs is 1. The highest BCUT2D eigenvalue weighted by molar-refractivity contribution is 5.73. The van der Waals surface area contributed by atoms with E-state index in [1.165, 1.54) is 5.56 Å². The summed E-state index contributed by atoms with van der Waals surface area (Å²) < 4.78 is 5.37. The maximum atomic E-state index is 12.6. The summed E-state index contributed by atoms with van der Waals surface area (Å²) in [5, 5.41) is 14.0. The molecule has 0 bridgehead atoms. The van der Waals surface area contributed by atoms with Crippen molar-refractivity contribution in [3.63, 3.8) is 0 Å². The van der Waals surface area contributed by atoms with Crippen molar-refractivity contribution in [2.24, 2.45) is 5.41 Å². The molecule has 1 N–H and O–H groups in total. The van der Waals surface area contributed by atoms with Gasteiger partial charge in [0.25, 0.3) is 0 Å². The molecule has 1 saturated carbocycles. The summed E-state index contributed by atoms with van der Waals surface area (Å²) in [6.45, 7) is 4.38. The van der Waals surface area contributed by atoms with Gasteiger partial charge in [-0.15, -0.1) is 0 Å². The number of piperidine rings is 1. The zero-order valence-corrected chi connectivity index (χ0v) is 16.0. The standard InChI is InChI=1S/C22H27N3O2/c1-2-27-18(26)14-20-8-5-12-25-13-11-22(19(20)25)16-6-3-4-7-17(16)24-21(22,15-23)10-9-20/h3-4,6-7,19,24H,2,5,8-14H2,1H3. The molecule has 0 radical (unpaired) electrons. The third-order valence-electron chi connectivity index (χ3n) is 7.83. The molecular formula is C22H27N3O2. The Morgan fingerprint density at radius 1 is 1.30 bits per heavy atom. The van der Waals surface area contributed by atoms with E-state index in [2.05, 4.69) is 34.5 Å². The van der Waals surface area contributed by atoms with Crippen molar-refractivity contribution in [2.45, 2.75) is 62.4 Å².